The summed E-state index contributed by atoms with van der Waals surface area (Å²) < 4.78 is 52.0. The van der Waals surface area contributed by atoms with Crippen LogP contribution in [0, 0.1) is 11.6 Å². The molecule has 4 aromatic rings. The van der Waals surface area contributed by atoms with Crippen LogP contribution in [-0.4, -0.2) is 80.7 Å². The van der Waals surface area contributed by atoms with Gasteiger partial charge in [0.1, 0.15) is 35.6 Å². The molecule has 3 N–H and O–H groups in total. The van der Waals surface area contributed by atoms with Gasteiger partial charge < -0.3 is 14.9 Å². The summed E-state index contributed by atoms with van der Waals surface area (Å²) in [6.45, 7) is 3.81. The Kier molecular flexibility index (Phi) is 7.02. The van der Waals surface area contributed by atoms with E-state index in [1.54, 1.807) is 11.1 Å². The third kappa shape index (κ3) is 4.81. The zero-order valence-electron chi connectivity index (χ0n) is 23.8. The average molecular weight is 595 g/mol. The first-order valence-corrected chi connectivity index (χ1v) is 14.8. The minimum Gasteiger partial charge on any atom is -0.508 e. The van der Waals surface area contributed by atoms with Crippen molar-refractivity contribution in [1.29, 1.82) is 0 Å². The van der Waals surface area contributed by atoms with Gasteiger partial charge in [-0.3, -0.25) is 14.9 Å². The van der Waals surface area contributed by atoms with Gasteiger partial charge in [-0.1, -0.05) is 13.0 Å². The van der Waals surface area contributed by atoms with Crippen LogP contribution in [0.25, 0.3) is 32.9 Å². The topological polar surface area (TPSA) is 107 Å². The van der Waals surface area contributed by atoms with Crippen molar-refractivity contribution in [1.82, 2.24) is 25.3 Å². The van der Waals surface area contributed by atoms with Crippen molar-refractivity contribution in [3.8, 4) is 23.0 Å². The van der Waals surface area contributed by atoms with Crippen molar-refractivity contribution < 1.29 is 28.1 Å². The number of phenols is 1. The molecule has 5 heterocycles. The lowest BCUT2D eigenvalue weighted by Gasteiger charge is -2.33. The Morgan fingerprint density at radius 2 is 2.05 bits per heavy atom. The van der Waals surface area contributed by atoms with Gasteiger partial charge >= 0.3 is 6.01 Å². The van der Waals surface area contributed by atoms with E-state index in [9.17, 15) is 19.0 Å². The monoisotopic (exact) mass is 594 g/mol. The predicted octanol–water partition coefficient (Wildman–Crippen LogP) is 4.42. The number of alkyl halides is 1. The molecule has 0 spiro atoms. The number of hydrogen-bond donors (Lipinski definition) is 3. The lowest BCUT2D eigenvalue weighted by molar-refractivity contribution is 0.107. The number of hydrazine groups is 1. The third-order valence-electron chi connectivity index (χ3n) is 9.07. The summed E-state index contributed by atoms with van der Waals surface area (Å²) in [5.74, 6) is -1.04. The number of aromatic hydroxyl groups is 1. The van der Waals surface area contributed by atoms with Gasteiger partial charge in [0.15, 0.2) is 11.6 Å². The van der Waals surface area contributed by atoms with Crippen molar-refractivity contribution >= 4 is 27.5 Å². The fourth-order valence-corrected chi connectivity index (χ4v) is 7.05. The van der Waals surface area contributed by atoms with Crippen molar-refractivity contribution in [2.24, 2.45) is 0 Å². The molecule has 3 atom stereocenters. The van der Waals surface area contributed by atoms with Gasteiger partial charge in [0, 0.05) is 31.3 Å². The number of β-amino-alcohol motifs (C(OH)–C–C–N with tert-alkyl or cyclic N) is 1. The first-order chi connectivity index (χ1) is 20.8. The smallest absolute Gasteiger partial charge is 0.319 e. The first kappa shape index (κ1) is 28.1. The van der Waals surface area contributed by atoms with Crippen molar-refractivity contribution in [3.63, 3.8) is 0 Å². The minimum absolute atomic E-state index is 0.0756. The zero-order valence-corrected chi connectivity index (χ0v) is 23.8. The van der Waals surface area contributed by atoms with Crippen molar-refractivity contribution in [2.75, 3.05) is 37.8 Å². The molecular formula is C31H33F3N6O3. The number of anilines is 1. The second-order valence-electron chi connectivity index (χ2n) is 11.8. The van der Waals surface area contributed by atoms with Crippen LogP contribution in [0.4, 0.5) is 19.0 Å². The maximum Gasteiger partial charge on any atom is 0.319 e. The number of halogens is 3. The quantitative estimate of drug-likeness (QED) is 0.299. The van der Waals surface area contributed by atoms with Gasteiger partial charge in [0.25, 0.3) is 0 Å². The van der Waals surface area contributed by atoms with Crippen molar-refractivity contribution in [3.05, 3.63) is 47.7 Å². The van der Waals surface area contributed by atoms with Crippen LogP contribution in [0.5, 0.6) is 11.8 Å². The lowest BCUT2D eigenvalue weighted by Crippen LogP contribution is -2.50. The van der Waals surface area contributed by atoms with Crippen LogP contribution >= 0.6 is 0 Å². The number of aliphatic hydroxyl groups excluding tert-OH is 1. The van der Waals surface area contributed by atoms with Crippen LogP contribution in [0.1, 0.15) is 38.2 Å². The molecule has 3 aliphatic rings. The fourth-order valence-electron chi connectivity index (χ4n) is 7.05. The standard InChI is InChI=1S/C31H33F3N6O3/c1-2-21-24(33)5-4-17-10-20(42)11-22(25(17)21)27-26(34)28-23(13-35-27)29(40-15-19(41)6-8-36-40)38-30(37-28)43-16-31-7-3-9-39(31)14-18(32)12-31/h4-5,10-11,13,18-19,36,41-42H,2-3,6-9,12,14-16H2,1H3/t18-,19+,31+/m1/s1. The number of aliphatic hydroxyl groups is 1. The van der Waals surface area contributed by atoms with E-state index in [-0.39, 0.29) is 52.9 Å². The predicted molar refractivity (Wildman–Crippen MR) is 156 cm³/mol. The van der Waals surface area contributed by atoms with E-state index >= 15 is 4.39 Å². The van der Waals surface area contributed by atoms with Crippen LogP contribution < -0.4 is 15.2 Å². The SMILES string of the molecule is CCc1c(F)ccc2cc(O)cc(-c3ncc4c(N5C[C@@H](O)CCN5)nc(OC[C@@]56CCCN5C[C@H](F)C6)nc4c3F)c12. The second kappa shape index (κ2) is 10.8. The summed E-state index contributed by atoms with van der Waals surface area (Å²) in [5, 5.41) is 23.8. The summed E-state index contributed by atoms with van der Waals surface area (Å²) in [5.41, 5.74) is 3.17. The molecule has 12 heteroatoms. The van der Waals surface area contributed by atoms with Gasteiger partial charge in [-0.25, -0.2) is 18.6 Å². The van der Waals surface area contributed by atoms with Crippen LogP contribution in [0.2, 0.25) is 0 Å². The molecular weight excluding hydrogens is 561 g/mol. The summed E-state index contributed by atoms with van der Waals surface area (Å²) in [6.07, 6.45) is 2.87. The Morgan fingerprint density at radius 1 is 1.19 bits per heavy atom. The Morgan fingerprint density at radius 3 is 2.86 bits per heavy atom. The molecule has 0 unspecified atom stereocenters. The minimum atomic E-state index is -0.933. The van der Waals surface area contributed by atoms with Crippen LogP contribution in [0.3, 0.4) is 0 Å². The number of nitrogens with zero attached hydrogens (tertiary/aromatic N) is 5. The number of aromatic nitrogens is 3. The highest BCUT2D eigenvalue weighted by molar-refractivity contribution is 6.01. The number of ether oxygens (including phenoxy) is 1. The fraction of sp³-hybridized carbons (Fsp3) is 0.452. The highest BCUT2D eigenvalue weighted by Crippen LogP contribution is 2.41. The molecule has 226 valence electrons. The van der Waals surface area contributed by atoms with E-state index in [0.29, 0.717) is 48.7 Å². The molecule has 0 aliphatic carbocycles. The van der Waals surface area contributed by atoms with Gasteiger partial charge in [0.2, 0.25) is 0 Å². The van der Waals surface area contributed by atoms with Crippen LogP contribution in [0.15, 0.2) is 30.5 Å². The molecule has 3 aliphatic heterocycles. The van der Waals surface area contributed by atoms with Gasteiger partial charge in [-0.05, 0) is 66.8 Å². The molecule has 0 radical (unpaired) electrons. The molecule has 0 saturated carbocycles. The Bertz CT molecular complexity index is 1720. The van der Waals surface area contributed by atoms with E-state index in [1.807, 2.05) is 6.92 Å². The molecule has 3 saturated heterocycles. The highest BCUT2D eigenvalue weighted by atomic mass is 19.1. The number of benzene rings is 2. The molecule has 0 amide bonds. The van der Waals surface area contributed by atoms with Gasteiger partial charge in [-0.15, -0.1) is 0 Å². The number of pyridine rings is 1. The number of aryl methyl sites for hydroxylation is 1. The van der Waals surface area contributed by atoms with E-state index in [0.717, 1.165) is 19.4 Å². The Balaban J connectivity index is 1.37. The normalized spacial score (nSPS) is 24.3. The summed E-state index contributed by atoms with van der Waals surface area (Å²) in [4.78, 5) is 15.6. The maximum absolute atomic E-state index is 16.6. The molecule has 7 rings (SSSR count). The Hall–Kier alpha value is -3.74. The van der Waals surface area contributed by atoms with E-state index in [2.05, 4.69) is 25.3 Å². The van der Waals surface area contributed by atoms with E-state index in [1.165, 1.54) is 24.4 Å². The average Bonchev–Trinajstić information content (AvgIpc) is 3.51. The summed E-state index contributed by atoms with van der Waals surface area (Å²) in [7, 11) is 0. The maximum atomic E-state index is 16.6. The number of rotatable bonds is 6. The highest BCUT2D eigenvalue weighted by Gasteiger charge is 2.49. The number of fused-ring (bicyclic) bond motifs is 3. The molecule has 0 bridgehead atoms. The van der Waals surface area contributed by atoms with Gasteiger partial charge in [0.05, 0.1) is 23.6 Å². The number of phenolic OH excluding ortho intramolecular Hbond substituents is 1. The lowest BCUT2D eigenvalue weighted by atomic mass is 9.94. The van der Waals surface area contributed by atoms with E-state index in [4.69, 9.17) is 4.74 Å². The van der Waals surface area contributed by atoms with E-state index < -0.39 is 29.4 Å². The number of nitrogens with one attached hydrogen (secondary N) is 1. The molecule has 43 heavy (non-hydrogen) atoms. The van der Waals surface area contributed by atoms with Crippen LogP contribution in [-0.2, 0) is 6.42 Å². The summed E-state index contributed by atoms with van der Waals surface area (Å²) in [6, 6.07) is 5.68. The molecule has 3 fully saturated rings. The molecule has 9 nitrogen and oxygen atoms in total. The first-order valence-electron chi connectivity index (χ1n) is 14.8. The summed E-state index contributed by atoms with van der Waals surface area (Å²) >= 11 is 0. The molecule has 2 aromatic heterocycles. The second-order valence-corrected chi connectivity index (χ2v) is 11.8. The largest absolute Gasteiger partial charge is 0.508 e. The van der Waals surface area contributed by atoms with Gasteiger partial charge in [-0.2, -0.15) is 9.97 Å². The zero-order chi connectivity index (χ0) is 29.9. The Labute approximate surface area is 246 Å². The number of hydrogen-bond acceptors (Lipinski definition) is 9. The molecule has 2 aromatic carbocycles. The third-order valence-corrected chi connectivity index (χ3v) is 9.07. The van der Waals surface area contributed by atoms with Crippen molar-refractivity contribution in [2.45, 2.75) is 56.8 Å².